The second-order valence-corrected chi connectivity index (χ2v) is 9.26. The Kier molecular flexibility index (Phi) is 7.60. The van der Waals surface area contributed by atoms with Crippen LogP contribution in [0, 0.1) is 0 Å². The molecule has 182 valence electrons. The van der Waals surface area contributed by atoms with Crippen molar-refractivity contribution in [3.63, 3.8) is 0 Å². The Morgan fingerprint density at radius 2 is 1.89 bits per heavy atom. The number of carbonyl (C=O) groups is 2. The number of fused-ring (bicyclic) bond motifs is 1. The number of benzene rings is 2. The molecule has 8 heteroatoms. The monoisotopic (exact) mass is 491 g/mol. The number of nitrogens with one attached hydrogen (secondary N) is 1. The highest BCUT2D eigenvalue weighted by molar-refractivity contribution is 8.16. The molecule has 2 aromatic carbocycles. The summed E-state index contributed by atoms with van der Waals surface area (Å²) in [6.45, 7) is 5.82. The van der Waals surface area contributed by atoms with Gasteiger partial charge in [-0.15, -0.1) is 0 Å². The van der Waals surface area contributed by atoms with Gasteiger partial charge in [0.15, 0.2) is 5.17 Å². The summed E-state index contributed by atoms with van der Waals surface area (Å²) < 4.78 is 11.2. The molecule has 0 fully saturated rings. The smallest absolute Gasteiger partial charge is 0.338 e. The molecule has 7 nitrogen and oxygen atoms in total. The molecule has 2 aromatic rings. The number of aliphatic imine (C=N–C) groups is 1. The number of amidine groups is 1. The minimum atomic E-state index is -0.507. The van der Waals surface area contributed by atoms with Crippen LogP contribution in [-0.4, -0.2) is 35.1 Å². The first kappa shape index (κ1) is 24.6. The Morgan fingerprint density at radius 3 is 2.60 bits per heavy atom. The van der Waals surface area contributed by atoms with Gasteiger partial charge in [0.05, 0.1) is 30.8 Å². The van der Waals surface area contributed by atoms with E-state index < -0.39 is 12.0 Å². The van der Waals surface area contributed by atoms with E-state index in [1.807, 2.05) is 85.7 Å². The van der Waals surface area contributed by atoms with E-state index >= 15 is 0 Å². The summed E-state index contributed by atoms with van der Waals surface area (Å²) in [5.74, 6) is 0.837. The maximum atomic E-state index is 12.9. The molecule has 2 aliphatic rings. The maximum Gasteiger partial charge on any atom is 0.338 e. The standard InChI is InChI=1S/C27H29N3O4S/c1-5-17(2)28-23(31)15-20-16-35-27-29-18(3)24(26(32)33-4)25(30(20)27)19-10-9-13-22(14-19)34-21-11-7-6-8-12-21/h6-14,16-17,25H,5,15H2,1-4H3,(H,28,31). The normalized spacial score (nSPS) is 17.8. The fraction of sp³-hybridized carbons (Fsp3) is 0.296. The third-order valence-electron chi connectivity index (χ3n) is 5.92. The van der Waals surface area contributed by atoms with Crippen LogP contribution in [0.15, 0.2) is 82.0 Å². The van der Waals surface area contributed by atoms with Gasteiger partial charge in [0.2, 0.25) is 5.91 Å². The van der Waals surface area contributed by atoms with Gasteiger partial charge in [-0.25, -0.2) is 9.79 Å². The topological polar surface area (TPSA) is 80.2 Å². The molecule has 0 saturated carbocycles. The van der Waals surface area contributed by atoms with E-state index in [1.54, 1.807) is 0 Å². The van der Waals surface area contributed by atoms with Gasteiger partial charge >= 0.3 is 5.97 Å². The second-order valence-electron chi connectivity index (χ2n) is 8.43. The van der Waals surface area contributed by atoms with Crippen molar-refractivity contribution < 1.29 is 19.1 Å². The van der Waals surface area contributed by atoms with Crippen LogP contribution in [0.4, 0.5) is 0 Å². The Balaban J connectivity index is 1.71. The van der Waals surface area contributed by atoms with Crippen LogP contribution >= 0.6 is 11.8 Å². The highest BCUT2D eigenvalue weighted by atomic mass is 32.2. The van der Waals surface area contributed by atoms with Crippen LogP contribution in [0.3, 0.4) is 0 Å². The average Bonchev–Trinajstić information content (AvgIpc) is 3.24. The van der Waals surface area contributed by atoms with Gasteiger partial charge < -0.3 is 19.7 Å². The molecule has 2 heterocycles. The van der Waals surface area contributed by atoms with Gasteiger partial charge in [-0.2, -0.15) is 0 Å². The van der Waals surface area contributed by atoms with Gasteiger partial charge in [0, 0.05) is 11.7 Å². The molecule has 1 N–H and O–H groups in total. The van der Waals surface area contributed by atoms with Crippen LogP contribution in [0.1, 0.15) is 45.2 Å². The van der Waals surface area contributed by atoms with Crippen molar-refractivity contribution in [2.45, 2.75) is 45.7 Å². The molecule has 0 radical (unpaired) electrons. The third-order valence-corrected chi connectivity index (χ3v) is 6.81. The first-order valence-corrected chi connectivity index (χ1v) is 12.4. The average molecular weight is 492 g/mol. The molecule has 0 saturated heterocycles. The summed E-state index contributed by atoms with van der Waals surface area (Å²) in [5.41, 5.74) is 2.64. The quantitative estimate of drug-likeness (QED) is 0.489. The van der Waals surface area contributed by atoms with E-state index in [4.69, 9.17) is 9.47 Å². The lowest BCUT2D eigenvalue weighted by Gasteiger charge is -2.36. The Labute approximate surface area is 209 Å². The fourth-order valence-electron chi connectivity index (χ4n) is 4.02. The molecule has 1 amide bonds. The van der Waals surface area contributed by atoms with Crippen LogP contribution in [-0.2, 0) is 14.3 Å². The molecule has 0 aliphatic carbocycles. The Hall–Kier alpha value is -3.52. The van der Waals surface area contributed by atoms with Gasteiger partial charge in [0.25, 0.3) is 0 Å². The summed E-state index contributed by atoms with van der Waals surface area (Å²) >= 11 is 1.45. The van der Waals surface area contributed by atoms with Crippen molar-refractivity contribution in [3.05, 3.63) is 82.5 Å². The fourth-order valence-corrected chi connectivity index (χ4v) is 4.99. The molecule has 0 bridgehead atoms. The van der Waals surface area contributed by atoms with Crippen molar-refractivity contribution >= 4 is 28.8 Å². The third kappa shape index (κ3) is 5.43. The zero-order valence-electron chi connectivity index (χ0n) is 20.3. The van der Waals surface area contributed by atoms with Crippen molar-refractivity contribution in [1.82, 2.24) is 10.2 Å². The molecular weight excluding hydrogens is 462 g/mol. The van der Waals surface area contributed by atoms with Crippen LogP contribution in [0.5, 0.6) is 11.5 Å². The van der Waals surface area contributed by atoms with Gasteiger partial charge in [-0.1, -0.05) is 49.0 Å². The van der Waals surface area contributed by atoms with Crippen LogP contribution in [0.2, 0.25) is 0 Å². The summed E-state index contributed by atoms with van der Waals surface area (Å²) in [6.07, 6.45) is 1.03. The molecule has 4 rings (SSSR count). The maximum absolute atomic E-state index is 12.9. The number of methoxy groups -OCH3 is 1. The predicted octanol–water partition coefficient (Wildman–Crippen LogP) is 5.53. The van der Waals surface area contributed by atoms with E-state index in [-0.39, 0.29) is 18.4 Å². The number of hydrogen-bond donors (Lipinski definition) is 1. The van der Waals surface area contributed by atoms with E-state index in [0.717, 1.165) is 28.6 Å². The number of hydrogen-bond acceptors (Lipinski definition) is 7. The lowest BCUT2D eigenvalue weighted by atomic mass is 9.93. The minimum absolute atomic E-state index is 0.0711. The summed E-state index contributed by atoms with van der Waals surface area (Å²) in [6, 6.07) is 16.7. The highest BCUT2D eigenvalue weighted by Gasteiger charge is 2.41. The number of amides is 1. The zero-order chi connectivity index (χ0) is 24.9. The van der Waals surface area contributed by atoms with Crippen LogP contribution < -0.4 is 10.1 Å². The Bertz CT molecular complexity index is 1210. The summed E-state index contributed by atoms with van der Waals surface area (Å²) in [5, 5.41) is 5.67. The molecule has 2 atom stereocenters. The van der Waals surface area contributed by atoms with Crippen molar-refractivity contribution in [1.29, 1.82) is 0 Å². The van der Waals surface area contributed by atoms with Gasteiger partial charge in [-0.3, -0.25) is 4.79 Å². The predicted molar refractivity (Wildman–Crippen MR) is 138 cm³/mol. The van der Waals surface area contributed by atoms with E-state index in [1.165, 1.54) is 18.9 Å². The van der Waals surface area contributed by atoms with Crippen molar-refractivity contribution in [2.24, 2.45) is 4.99 Å². The van der Waals surface area contributed by atoms with Crippen molar-refractivity contribution in [3.8, 4) is 11.5 Å². The molecule has 2 unspecified atom stereocenters. The Morgan fingerprint density at radius 1 is 1.14 bits per heavy atom. The number of allylic oxidation sites excluding steroid dienone is 1. The number of rotatable bonds is 8. The first-order chi connectivity index (χ1) is 16.9. The summed E-state index contributed by atoms with van der Waals surface area (Å²) in [4.78, 5) is 32.3. The largest absolute Gasteiger partial charge is 0.466 e. The summed E-state index contributed by atoms with van der Waals surface area (Å²) in [7, 11) is 1.36. The molecule has 0 spiro atoms. The second kappa shape index (κ2) is 10.8. The number of nitrogens with zero attached hydrogens (tertiary/aromatic N) is 2. The number of carbonyl (C=O) groups excluding carboxylic acids is 2. The molecule has 35 heavy (non-hydrogen) atoms. The minimum Gasteiger partial charge on any atom is -0.466 e. The van der Waals surface area contributed by atoms with E-state index in [2.05, 4.69) is 10.3 Å². The highest BCUT2D eigenvalue weighted by Crippen LogP contribution is 2.45. The first-order valence-electron chi connectivity index (χ1n) is 11.6. The van der Waals surface area contributed by atoms with E-state index in [0.29, 0.717) is 17.0 Å². The lowest BCUT2D eigenvalue weighted by molar-refractivity contribution is -0.136. The van der Waals surface area contributed by atoms with Gasteiger partial charge in [-0.05, 0) is 55.5 Å². The zero-order valence-corrected chi connectivity index (χ0v) is 21.1. The number of para-hydroxylation sites is 1. The molecule has 0 aromatic heterocycles. The van der Waals surface area contributed by atoms with E-state index in [9.17, 15) is 9.59 Å². The van der Waals surface area contributed by atoms with Crippen LogP contribution in [0.25, 0.3) is 0 Å². The number of ether oxygens (including phenoxy) is 2. The van der Waals surface area contributed by atoms with Gasteiger partial charge in [0.1, 0.15) is 11.5 Å². The SMILES string of the molecule is CCC(C)NC(=O)CC1=CSC2=NC(C)=C(C(=O)OC)C(c3cccc(Oc4ccccc4)c3)N12. The lowest BCUT2D eigenvalue weighted by Crippen LogP contribution is -2.39. The molecular formula is C27H29N3O4S. The number of thioether (sulfide) groups is 1. The molecule has 2 aliphatic heterocycles. The van der Waals surface area contributed by atoms with Crippen molar-refractivity contribution in [2.75, 3.05) is 7.11 Å². The number of esters is 1.